The van der Waals surface area contributed by atoms with Gasteiger partial charge in [0.05, 0.1) is 23.4 Å². The summed E-state index contributed by atoms with van der Waals surface area (Å²) in [7, 11) is 1.79. The van der Waals surface area contributed by atoms with Crippen LogP contribution in [-0.2, 0) is 18.3 Å². The molecule has 1 N–H and O–H groups in total. The first-order valence-electron chi connectivity index (χ1n) is 9.61. The van der Waals surface area contributed by atoms with Crippen LogP contribution in [0.25, 0.3) is 0 Å². The summed E-state index contributed by atoms with van der Waals surface area (Å²) in [5, 5.41) is 7.01. The maximum atomic E-state index is 12.9. The normalized spacial score (nSPS) is 19.7. The minimum Gasteiger partial charge on any atom is -0.352 e. The van der Waals surface area contributed by atoms with Crippen molar-refractivity contribution in [2.75, 3.05) is 19.6 Å². The Morgan fingerprint density at radius 3 is 2.81 bits per heavy atom. The highest BCUT2D eigenvalue weighted by Gasteiger charge is 2.34. The molecule has 1 aliphatic carbocycles. The number of likely N-dealkylation sites (tertiary alicyclic amines) is 1. The molecule has 1 unspecified atom stereocenters. The zero-order valence-corrected chi connectivity index (χ0v) is 15.6. The minimum atomic E-state index is -0.0877. The lowest BCUT2D eigenvalue weighted by Gasteiger charge is -2.33. The Balaban J connectivity index is 1.27. The van der Waals surface area contributed by atoms with E-state index in [1.54, 1.807) is 30.3 Å². The van der Waals surface area contributed by atoms with Crippen molar-refractivity contribution < 1.29 is 9.59 Å². The SMILES string of the molecule is Cn1cc(C(=O)NCC2CCN(C(=O)C3CCc4cccnc43)CC2)cn1. The molecule has 1 aliphatic heterocycles. The Hall–Kier alpha value is -2.70. The van der Waals surface area contributed by atoms with Crippen molar-refractivity contribution in [1.29, 1.82) is 0 Å². The summed E-state index contributed by atoms with van der Waals surface area (Å²) in [6.07, 6.45) is 8.71. The number of carbonyl (C=O) groups excluding carboxylic acids is 2. The summed E-state index contributed by atoms with van der Waals surface area (Å²) in [4.78, 5) is 31.5. The van der Waals surface area contributed by atoms with Crippen molar-refractivity contribution >= 4 is 11.8 Å². The molecule has 1 saturated heterocycles. The summed E-state index contributed by atoms with van der Waals surface area (Å²) in [6.45, 7) is 2.15. The van der Waals surface area contributed by atoms with Crippen LogP contribution in [0.1, 0.15) is 46.8 Å². The van der Waals surface area contributed by atoms with E-state index in [1.165, 1.54) is 5.56 Å². The molecule has 2 aromatic rings. The van der Waals surface area contributed by atoms with Gasteiger partial charge in [-0.25, -0.2) is 0 Å². The minimum absolute atomic E-state index is 0.0805. The lowest BCUT2D eigenvalue weighted by molar-refractivity contribution is -0.134. The van der Waals surface area contributed by atoms with Gasteiger partial charge in [-0.3, -0.25) is 19.3 Å². The fourth-order valence-corrected chi connectivity index (χ4v) is 4.11. The van der Waals surface area contributed by atoms with Gasteiger partial charge >= 0.3 is 0 Å². The predicted molar refractivity (Wildman–Crippen MR) is 100 cm³/mol. The molecule has 4 rings (SSSR count). The first-order valence-corrected chi connectivity index (χ1v) is 9.61. The molecule has 0 aromatic carbocycles. The number of carbonyl (C=O) groups is 2. The average Bonchev–Trinajstić information content (AvgIpc) is 3.32. The number of piperidine rings is 1. The molecule has 1 atom stereocenters. The number of fused-ring (bicyclic) bond motifs is 1. The van der Waals surface area contributed by atoms with Crippen LogP contribution in [0, 0.1) is 5.92 Å². The molecule has 2 aromatic heterocycles. The second kappa shape index (κ2) is 7.50. The molecule has 0 spiro atoms. The molecule has 2 aliphatic rings. The molecule has 3 heterocycles. The van der Waals surface area contributed by atoms with E-state index in [-0.39, 0.29) is 17.7 Å². The molecule has 1 fully saturated rings. The Morgan fingerprint density at radius 2 is 2.07 bits per heavy atom. The Labute approximate surface area is 158 Å². The fraction of sp³-hybridized carbons (Fsp3) is 0.500. The van der Waals surface area contributed by atoms with Crippen molar-refractivity contribution in [2.45, 2.75) is 31.6 Å². The molecule has 142 valence electrons. The lowest BCUT2D eigenvalue weighted by atomic mass is 9.95. The van der Waals surface area contributed by atoms with Gasteiger partial charge in [-0.05, 0) is 43.2 Å². The Bertz CT molecular complexity index is 838. The molecular formula is C20H25N5O2. The monoisotopic (exact) mass is 367 g/mol. The Morgan fingerprint density at radius 1 is 1.26 bits per heavy atom. The van der Waals surface area contributed by atoms with Crippen molar-refractivity contribution in [1.82, 2.24) is 25.0 Å². The summed E-state index contributed by atoms with van der Waals surface area (Å²) < 4.78 is 1.62. The summed E-state index contributed by atoms with van der Waals surface area (Å²) in [5.41, 5.74) is 2.76. The second-order valence-electron chi connectivity index (χ2n) is 7.52. The van der Waals surface area contributed by atoms with Crippen LogP contribution in [-0.4, -0.2) is 51.1 Å². The third-order valence-corrected chi connectivity index (χ3v) is 5.70. The van der Waals surface area contributed by atoms with Gasteiger partial charge in [0, 0.05) is 39.1 Å². The standard InChI is InChI=1S/C20H25N5O2/c1-24-13-16(12-23-24)19(26)22-11-14-6-9-25(10-7-14)20(27)17-5-4-15-3-2-8-21-18(15)17/h2-3,8,12-14,17H,4-7,9-11H2,1H3,(H,22,26). The zero-order chi connectivity index (χ0) is 18.8. The lowest BCUT2D eigenvalue weighted by Crippen LogP contribution is -2.43. The highest BCUT2D eigenvalue weighted by Crippen LogP contribution is 2.33. The van der Waals surface area contributed by atoms with Crippen LogP contribution in [0.5, 0.6) is 0 Å². The molecule has 7 heteroatoms. The molecular weight excluding hydrogens is 342 g/mol. The first-order chi connectivity index (χ1) is 13.1. The van der Waals surface area contributed by atoms with Gasteiger partial charge in [-0.2, -0.15) is 5.10 Å². The van der Waals surface area contributed by atoms with E-state index < -0.39 is 0 Å². The fourth-order valence-electron chi connectivity index (χ4n) is 4.11. The smallest absolute Gasteiger partial charge is 0.254 e. The van der Waals surface area contributed by atoms with E-state index in [0.717, 1.165) is 44.5 Å². The van der Waals surface area contributed by atoms with Crippen LogP contribution < -0.4 is 5.32 Å². The van der Waals surface area contributed by atoms with Crippen LogP contribution >= 0.6 is 0 Å². The van der Waals surface area contributed by atoms with Gasteiger partial charge in [-0.15, -0.1) is 0 Å². The number of rotatable bonds is 4. The number of aryl methyl sites for hydroxylation is 2. The quantitative estimate of drug-likeness (QED) is 0.888. The van der Waals surface area contributed by atoms with Crippen LogP contribution in [0.4, 0.5) is 0 Å². The van der Waals surface area contributed by atoms with Crippen LogP contribution in [0.2, 0.25) is 0 Å². The van der Waals surface area contributed by atoms with Crippen LogP contribution in [0.15, 0.2) is 30.7 Å². The highest BCUT2D eigenvalue weighted by molar-refractivity contribution is 5.93. The van der Waals surface area contributed by atoms with E-state index in [9.17, 15) is 9.59 Å². The largest absolute Gasteiger partial charge is 0.352 e. The highest BCUT2D eigenvalue weighted by atomic mass is 16.2. The number of hydrogen-bond donors (Lipinski definition) is 1. The average molecular weight is 367 g/mol. The van der Waals surface area contributed by atoms with E-state index in [4.69, 9.17) is 0 Å². The molecule has 0 radical (unpaired) electrons. The third-order valence-electron chi connectivity index (χ3n) is 5.70. The van der Waals surface area contributed by atoms with E-state index in [0.29, 0.717) is 18.0 Å². The topological polar surface area (TPSA) is 80.1 Å². The second-order valence-corrected chi connectivity index (χ2v) is 7.52. The predicted octanol–water partition coefficient (Wildman–Crippen LogP) is 1.51. The summed E-state index contributed by atoms with van der Waals surface area (Å²) in [5.74, 6) is 0.451. The summed E-state index contributed by atoms with van der Waals surface area (Å²) >= 11 is 0. The van der Waals surface area contributed by atoms with Crippen molar-refractivity contribution in [3.63, 3.8) is 0 Å². The molecule has 0 bridgehead atoms. The van der Waals surface area contributed by atoms with Crippen molar-refractivity contribution in [3.8, 4) is 0 Å². The molecule has 0 saturated carbocycles. The number of pyridine rings is 1. The number of aromatic nitrogens is 3. The van der Waals surface area contributed by atoms with Gasteiger partial charge in [0.25, 0.3) is 5.91 Å². The van der Waals surface area contributed by atoms with Gasteiger partial charge in [0.2, 0.25) is 5.91 Å². The van der Waals surface area contributed by atoms with Crippen LogP contribution in [0.3, 0.4) is 0 Å². The van der Waals surface area contributed by atoms with Crippen molar-refractivity contribution in [3.05, 3.63) is 47.5 Å². The number of nitrogens with zero attached hydrogens (tertiary/aromatic N) is 4. The van der Waals surface area contributed by atoms with Gasteiger partial charge < -0.3 is 10.2 Å². The first kappa shape index (κ1) is 17.7. The van der Waals surface area contributed by atoms with E-state index in [1.807, 2.05) is 11.0 Å². The summed E-state index contributed by atoms with van der Waals surface area (Å²) in [6, 6.07) is 4.02. The van der Waals surface area contributed by atoms with Gasteiger partial charge in [0.1, 0.15) is 0 Å². The van der Waals surface area contributed by atoms with E-state index in [2.05, 4.69) is 21.5 Å². The molecule has 7 nitrogen and oxygen atoms in total. The molecule has 2 amide bonds. The number of amides is 2. The van der Waals surface area contributed by atoms with Gasteiger partial charge in [0.15, 0.2) is 0 Å². The van der Waals surface area contributed by atoms with Crippen molar-refractivity contribution in [2.24, 2.45) is 13.0 Å². The Kier molecular flexibility index (Phi) is 4.92. The maximum absolute atomic E-state index is 12.9. The number of nitrogens with one attached hydrogen (secondary N) is 1. The van der Waals surface area contributed by atoms with E-state index >= 15 is 0 Å². The van der Waals surface area contributed by atoms with Gasteiger partial charge in [-0.1, -0.05) is 6.07 Å². The zero-order valence-electron chi connectivity index (χ0n) is 15.6. The third kappa shape index (κ3) is 3.72. The number of hydrogen-bond acceptors (Lipinski definition) is 4. The maximum Gasteiger partial charge on any atom is 0.254 e. The molecule has 27 heavy (non-hydrogen) atoms.